The average Bonchev–Trinajstić information content (AvgIpc) is 3.46. The summed E-state index contributed by atoms with van der Waals surface area (Å²) < 4.78 is 12.0. The zero-order valence-electron chi connectivity index (χ0n) is 18.3. The molecule has 0 spiro atoms. The highest BCUT2D eigenvalue weighted by Crippen LogP contribution is 2.27. The third kappa shape index (κ3) is 4.45. The molecule has 2 heterocycles. The number of methoxy groups -OCH3 is 1. The topological polar surface area (TPSA) is 124 Å². The first kappa shape index (κ1) is 21.8. The molecule has 0 aliphatic rings. The maximum Gasteiger partial charge on any atom is 0.341 e. The zero-order valence-corrected chi connectivity index (χ0v) is 18.3. The van der Waals surface area contributed by atoms with E-state index in [2.05, 4.69) is 25.6 Å². The lowest BCUT2D eigenvalue weighted by atomic mass is 10.2. The molecule has 2 N–H and O–H groups in total. The number of carbonyl (C=O) groups excluding carboxylic acids is 2. The zero-order chi connectivity index (χ0) is 23.4. The van der Waals surface area contributed by atoms with Crippen LogP contribution in [0.3, 0.4) is 0 Å². The molecular formula is C23H22N6O4. The van der Waals surface area contributed by atoms with Gasteiger partial charge in [0, 0.05) is 5.56 Å². The lowest BCUT2D eigenvalue weighted by Gasteiger charge is -2.07. The Morgan fingerprint density at radius 3 is 2.61 bits per heavy atom. The molecule has 10 heteroatoms. The highest BCUT2D eigenvalue weighted by Gasteiger charge is 2.17. The summed E-state index contributed by atoms with van der Waals surface area (Å²) in [7, 11) is 1.57. The van der Waals surface area contributed by atoms with Crippen molar-refractivity contribution < 1.29 is 19.1 Å². The summed E-state index contributed by atoms with van der Waals surface area (Å²) in [5, 5.41) is 13.8. The predicted molar refractivity (Wildman–Crippen MR) is 121 cm³/mol. The molecule has 10 nitrogen and oxygen atoms in total. The number of amides is 1. The Bertz CT molecular complexity index is 1290. The van der Waals surface area contributed by atoms with Gasteiger partial charge < -0.3 is 9.47 Å². The quantitative estimate of drug-likeness (QED) is 0.417. The maximum absolute atomic E-state index is 12.6. The van der Waals surface area contributed by atoms with Crippen LogP contribution < -0.4 is 10.1 Å². The maximum atomic E-state index is 12.6. The Morgan fingerprint density at radius 2 is 1.88 bits per heavy atom. The van der Waals surface area contributed by atoms with Crippen LogP contribution in [0.1, 0.15) is 33.3 Å². The molecule has 0 aliphatic heterocycles. The SMILES string of the molecule is CCOC(=O)c1cnn(-c2ccc(C(=O)Nc3n[nH]c(-c4ccccc4OC)n3)cc2)c1C. The first-order valence-electron chi connectivity index (χ1n) is 10.2. The summed E-state index contributed by atoms with van der Waals surface area (Å²) in [6.45, 7) is 3.82. The van der Waals surface area contributed by atoms with Crippen LogP contribution in [-0.2, 0) is 4.74 Å². The van der Waals surface area contributed by atoms with Gasteiger partial charge in [0.1, 0.15) is 11.3 Å². The van der Waals surface area contributed by atoms with Crippen molar-refractivity contribution in [1.29, 1.82) is 0 Å². The predicted octanol–water partition coefficient (Wildman–Crippen LogP) is 3.40. The molecule has 0 fully saturated rings. The normalized spacial score (nSPS) is 10.6. The van der Waals surface area contributed by atoms with Gasteiger partial charge in [0.25, 0.3) is 5.91 Å². The van der Waals surface area contributed by atoms with E-state index < -0.39 is 5.97 Å². The van der Waals surface area contributed by atoms with Crippen molar-refractivity contribution in [2.24, 2.45) is 0 Å². The highest BCUT2D eigenvalue weighted by atomic mass is 16.5. The molecule has 0 aliphatic carbocycles. The third-order valence-corrected chi connectivity index (χ3v) is 4.95. The van der Waals surface area contributed by atoms with Gasteiger partial charge in [-0.05, 0) is 50.2 Å². The number of para-hydroxylation sites is 1. The van der Waals surface area contributed by atoms with E-state index in [1.165, 1.54) is 6.20 Å². The molecule has 0 saturated carbocycles. The van der Waals surface area contributed by atoms with E-state index in [0.29, 0.717) is 40.7 Å². The monoisotopic (exact) mass is 446 g/mol. The van der Waals surface area contributed by atoms with E-state index in [1.807, 2.05) is 24.3 Å². The second-order valence-electron chi connectivity index (χ2n) is 6.98. The number of nitrogens with zero attached hydrogens (tertiary/aromatic N) is 4. The molecule has 168 valence electrons. The molecule has 4 rings (SSSR count). The van der Waals surface area contributed by atoms with Crippen molar-refractivity contribution in [3.05, 3.63) is 71.5 Å². The smallest absolute Gasteiger partial charge is 0.341 e. The molecule has 0 bridgehead atoms. The summed E-state index contributed by atoms with van der Waals surface area (Å²) >= 11 is 0. The minimum atomic E-state index is -0.420. The van der Waals surface area contributed by atoms with Crippen LogP contribution in [0.25, 0.3) is 17.1 Å². The first-order chi connectivity index (χ1) is 16.0. The van der Waals surface area contributed by atoms with E-state index >= 15 is 0 Å². The van der Waals surface area contributed by atoms with Crippen LogP contribution in [0.15, 0.2) is 54.7 Å². The van der Waals surface area contributed by atoms with Crippen molar-refractivity contribution in [2.75, 3.05) is 19.0 Å². The molecule has 1 amide bonds. The number of H-pyrrole nitrogens is 1. The molecule has 2 aromatic carbocycles. The lowest BCUT2D eigenvalue weighted by molar-refractivity contribution is 0.0525. The van der Waals surface area contributed by atoms with Gasteiger partial charge >= 0.3 is 5.97 Å². The van der Waals surface area contributed by atoms with Crippen LogP contribution in [0, 0.1) is 6.92 Å². The van der Waals surface area contributed by atoms with Crippen molar-refractivity contribution in [2.45, 2.75) is 13.8 Å². The molecule has 0 atom stereocenters. The fourth-order valence-electron chi connectivity index (χ4n) is 3.29. The van der Waals surface area contributed by atoms with Gasteiger partial charge in [0.2, 0.25) is 5.95 Å². The van der Waals surface area contributed by atoms with Crippen LogP contribution in [0.2, 0.25) is 0 Å². The highest BCUT2D eigenvalue weighted by molar-refractivity contribution is 6.03. The number of benzene rings is 2. The molecular weight excluding hydrogens is 424 g/mol. The second kappa shape index (κ2) is 9.35. The summed E-state index contributed by atoms with van der Waals surface area (Å²) in [5.41, 5.74) is 2.90. The van der Waals surface area contributed by atoms with Crippen molar-refractivity contribution in [1.82, 2.24) is 25.0 Å². The average molecular weight is 446 g/mol. The Balaban J connectivity index is 1.48. The van der Waals surface area contributed by atoms with Gasteiger partial charge in [-0.15, -0.1) is 5.10 Å². The van der Waals surface area contributed by atoms with Crippen molar-refractivity contribution in [3.63, 3.8) is 0 Å². The summed E-state index contributed by atoms with van der Waals surface area (Å²) in [6, 6.07) is 14.2. The fraction of sp³-hybridized carbons (Fsp3) is 0.174. The summed E-state index contributed by atoms with van der Waals surface area (Å²) in [5.74, 6) is 0.478. The number of carbonyl (C=O) groups is 2. The standard InChI is InChI=1S/C23H22N6O4/c1-4-33-22(31)18-13-24-29(14(18)2)16-11-9-15(10-12-16)21(30)26-23-25-20(27-28-23)17-7-5-6-8-19(17)32-3/h5-13H,4H2,1-3H3,(H2,25,26,27,28,30). The van der Waals surface area contributed by atoms with Gasteiger partial charge in [0.15, 0.2) is 5.82 Å². The number of aromatic nitrogens is 5. The van der Waals surface area contributed by atoms with Gasteiger partial charge in [-0.3, -0.25) is 15.2 Å². The molecule has 0 radical (unpaired) electrons. The Labute approximate surface area is 189 Å². The fourth-order valence-corrected chi connectivity index (χ4v) is 3.29. The number of hydrogen-bond acceptors (Lipinski definition) is 7. The number of ether oxygens (including phenoxy) is 2. The van der Waals surface area contributed by atoms with Crippen LogP contribution >= 0.6 is 0 Å². The molecule has 4 aromatic rings. The van der Waals surface area contributed by atoms with Crippen LogP contribution in [0.4, 0.5) is 5.95 Å². The van der Waals surface area contributed by atoms with Gasteiger partial charge in [0.05, 0.1) is 36.9 Å². The largest absolute Gasteiger partial charge is 0.496 e. The van der Waals surface area contributed by atoms with E-state index in [1.54, 1.807) is 49.9 Å². The Morgan fingerprint density at radius 1 is 1.12 bits per heavy atom. The molecule has 2 aromatic heterocycles. The first-order valence-corrected chi connectivity index (χ1v) is 10.2. The van der Waals surface area contributed by atoms with E-state index in [4.69, 9.17) is 9.47 Å². The molecule has 0 saturated heterocycles. The Hall–Kier alpha value is -4.47. The minimum Gasteiger partial charge on any atom is -0.496 e. The van der Waals surface area contributed by atoms with Crippen molar-refractivity contribution in [3.8, 4) is 22.8 Å². The lowest BCUT2D eigenvalue weighted by Crippen LogP contribution is -2.13. The molecule has 0 unspecified atom stereocenters. The number of nitrogens with one attached hydrogen (secondary N) is 2. The number of rotatable bonds is 7. The summed E-state index contributed by atoms with van der Waals surface area (Å²) in [4.78, 5) is 29.0. The van der Waals surface area contributed by atoms with E-state index in [0.717, 1.165) is 5.56 Å². The number of esters is 1. The van der Waals surface area contributed by atoms with Gasteiger partial charge in [-0.25, -0.2) is 9.48 Å². The Kier molecular flexibility index (Phi) is 6.16. The molecule has 33 heavy (non-hydrogen) atoms. The number of hydrogen-bond donors (Lipinski definition) is 2. The van der Waals surface area contributed by atoms with Gasteiger partial charge in [-0.2, -0.15) is 10.1 Å². The number of anilines is 1. The van der Waals surface area contributed by atoms with Gasteiger partial charge in [-0.1, -0.05) is 12.1 Å². The number of aromatic amines is 1. The van der Waals surface area contributed by atoms with E-state index in [9.17, 15) is 9.59 Å². The van der Waals surface area contributed by atoms with E-state index in [-0.39, 0.29) is 11.9 Å². The third-order valence-electron chi connectivity index (χ3n) is 4.95. The minimum absolute atomic E-state index is 0.145. The van der Waals surface area contributed by atoms with Crippen molar-refractivity contribution >= 4 is 17.8 Å². The second-order valence-corrected chi connectivity index (χ2v) is 6.98. The van der Waals surface area contributed by atoms with Crippen LogP contribution in [-0.4, -0.2) is 50.6 Å². The van der Waals surface area contributed by atoms with Crippen LogP contribution in [0.5, 0.6) is 5.75 Å². The summed E-state index contributed by atoms with van der Waals surface area (Å²) in [6.07, 6.45) is 1.47.